The zero-order chi connectivity index (χ0) is 14.4. The quantitative estimate of drug-likeness (QED) is 0.785. The highest BCUT2D eigenvalue weighted by atomic mass is 32.1. The third-order valence-electron chi connectivity index (χ3n) is 3.14. The van der Waals surface area contributed by atoms with Gasteiger partial charge in [0.05, 0.1) is 4.88 Å². The van der Waals surface area contributed by atoms with Crippen LogP contribution in [0.4, 0.5) is 0 Å². The van der Waals surface area contributed by atoms with Crippen LogP contribution in [-0.2, 0) is 13.0 Å². The van der Waals surface area contributed by atoms with E-state index in [-0.39, 0.29) is 0 Å². The largest absolute Gasteiger partial charge is 0.312 e. The lowest BCUT2D eigenvalue weighted by Gasteiger charge is -2.06. The van der Waals surface area contributed by atoms with Crippen molar-refractivity contribution in [2.45, 2.75) is 40.2 Å². The fourth-order valence-electron chi connectivity index (χ4n) is 2.19. The molecule has 2 rings (SSSR count). The molecular formula is C16H23N3S. The van der Waals surface area contributed by atoms with Gasteiger partial charge < -0.3 is 5.32 Å². The van der Waals surface area contributed by atoms with Crippen LogP contribution < -0.4 is 5.32 Å². The summed E-state index contributed by atoms with van der Waals surface area (Å²) in [5.74, 6) is 0.690. The fourth-order valence-corrected chi connectivity index (χ4v) is 2.83. The maximum atomic E-state index is 4.28. The average molecular weight is 289 g/mol. The van der Waals surface area contributed by atoms with Crippen LogP contribution in [0, 0.1) is 5.92 Å². The van der Waals surface area contributed by atoms with Crippen LogP contribution in [0.5, 0.6) is 0 Å². The highest BCUT2D eigenvalue weighted by Gasteiger charge is 2.10. The SMILES string of the molecule is CCCNCc1snnc1-c1ccc(CC(C)C)cc1. The molecule has 0 bridgehead atoms. The fraction of sp³-hybridized carbons (Fsp3) is 0.500. The Balaban J connectivity index is 2.09. The molecule has 1 N–H and O–H groups in total. The molecule has 4 heteroatoms. The van der Waals surface area contributed by atoms with Gasteiger partial charge in [0.15, 0.2) is 0 Å². The Bertz CT molecular complexity index is 517. The number of nitrogens with zero attached hydrogens (tertiary/aromatic N) is 2. The van der Waals surface area contributed by atoms with E-state index in [1.165, 1.54) is 27.5 Å². The Labute approximate surface area is 125 Å². The van der Waals surface area contributed by atoms with E-state index in [4.69, 9.17) is 0 Å². The summed E-state index contributed by atoms with van der Waals surface area (Å²) in [6, 6.07) is 8.74. The summed E-state index contributed by atoms with van der Waals surface area (Å²) >= 11 is 1.49. The lowest BCUT2D eigenvalue weighted by atomic mass is 10.0. The maximum absolute atomic E-state index is 4.28. The first kappa shape index (κ1) is 15.1. The molecule has 108 valence electrons. The van der Waals surface area contributed by atoms with Crippen LogP contribution in [0.2, 0.25) is 0 Å². The van der Waals surface area contributed by atoms with Crippen molar-refractivity contribution >= 4 is 11.5 Å². The molecule has 0 aliphatic heterocycles. The van der Waals surface area contributed by atoms with E-state index in [1.54, 1.807) is 0 Å². The molecular weight excluding hydrogens is 266 g/mol. The van der Waals surface area contributed by atoms with Crippen molar-refractivity contribution < 1.29 is 0 Å². The second-order valence-electron chi connectivity index (χ2n) is 5.52. The Hall–Kier alpha value is -1.26. The summed E-state index contributed by atoms with van der Waals surface area (Å²) in [6.07, 6.45) is 2.27. The van der Waals surface area contributed by atoms with Gasteiger partial charge in [0.25, 0.3) is 0 Å². The molecule has 1 aromatic heterocycles. The lowest BCUT2D eigenvalue weighted by Crippen LogP contribution is -2.13. The standard InChI is InChI=1S/C16H23N3S/c1-4-9-17-11-15-16(18-19-20-15)14-7-5-13(6-8-14)10-12(2)3/h5-8,12,17H,4,9-11H2,1-3H3. The minimum atomic E-state index is 0.690. The van der Waals surface area contributed by atoms with Crippen LogP contribution in [0.25, 0.3) is 11.3 Å². The highest BCUT2D eigenvalue weighted by molar-refractivity contribution is 7.05. The van der Waals surface area contributed by atoms with E-state index in [1.807, 2.05) is 0 Å². The lowest BCUT2D eigenvalue weighted by molar-refractivity contribution is 0.647. The third kappa shape index (κ3) is 4.12. The van der Waals surface area contributed by atoms with Gasteiger partial charge in [-0.25, -0.2) is 0 Å². The number of hydrogen-bond acceptors (Lipinski definition) is 4. The molecule has 1 aromatic carbocycles. The summed E-state index contributed by atoms with van der Waals surface area (Å²) in [7, 11) is 0. The Morgan fingerprint density at radius 3 is 2.60 bits per heavy atom. The molecule has 0 unspecified atom stereocenters. The highest BCUT2D eigenvalue weighted by Crippen LogP contribution is 2.24. The second kappa shape index (κ2) is 7.50. The molecule has 0 saturated heterocycles. The van der Waals surface area contributed by atoms with Crippen molar-refractivity contribution in [2.75, 3.05) is 6.54 Å². The van der Waals surface area contributed by atoms with Gasteiger partial charge >= 0.3 is 0 Å². The average Bonchev–Trinajstić information content (AvgIpc) is 2.88. The summed E-state index contributed by atoms with van der Waals surface area (Å²) in [6.45, 7) is 8.55. The minimum Gasteiger partial charge on any atom is -0.312 e. The normalized spacial score (nSPS) is 11.2. The van der Waals surface area contributed by atoms with E-state index in [2.05, 4.69) is 59.9 Å². The van der Waals surface area contributed by atoms with Crippen molar-refractivity contribution in [1.29, 1.82) is 0 Å². The molecule has 0 fully saturated rings. The van der Waals surface area contributed by atoms with E-state index >= 15 is 0 Å². The summed E-state index contributed by atoms with van der Waals surface area (Å²) in [5, 5.41) is 7.70. The number of benzene rings is 1. The molecule has 1 heterocycles. The van der Waals surface area contributed by atoms with E-state index < -0.39 is 0 Å². The van der Waals surface area contributed by atoms with Gasteiger partial charge in [-0.3, -0.25) is 0 Å². The van der Waals surface area contributed by atoms with Crippen LogP contribution in [-0.4, -0.2) is 16.1 Å². The first-order valence-corrected chi connectivity index (χ1v) is 8.09. The molecule has 0 saturated carbocycles. The van der Waals surface area contributed by atoms with E-state index in [0.717, 1.165) is 31.6 Å². The van der Waals surface area contributed by atoms with Gasteiger partial charge in [-0.15, -0.1) is 5.10 Å². The topological polar surface area (TPSA) is 37.8 Å². The number of aromatic nitrogens is 2. The van der Waals surface area contributed by atoms with Gasteiger partial charge in [0.1, 0.15) is 5.69 Å². The molecule has 0 amide bonds. The van der Waals surface area contributed by atoms with E-state index in [0.29, 0.717) is 5.92 Å². The van der Waals surface area contributed by atoms with Gasteiger partial charge in [-0.1, -0.05) is 49.5 Å². The smallest absolute Gasteiger partial charge is 0.110 e. The minimum absolute atomic E-state index is 0.690. The molecule has 0 atom stereocenters. The molecule has 0 aliphatic carbocycles. The van der Waals surface area contributed by atoms with Crippen LogP contribution in [0.3, 0.4) is 0 Å². The zero-order valence-corrected chi connectivity index (χ0v) is 13.3. The molecule has 20 heavy (non-hydrogen) atoms. The molecule has 3 nitrogen and oxygen atoms in total. The Kier molecular flexibility index (Phi) is 5.68. The maximum Gasteiger partial charge on any atom is 0.110 e. The van der Waals surface area contributed by atoms with Gasteiger partial charge in [-0.2, -0.15) is 0 Å². The molecule has 2 aromatic rings. The predicted molar refractivity (Wildman–Crippen MR) is 85.9 cm³/mol. The second-order valence-corrected chi connectivity index (χ2v) is 6.36. The van der Waals surface area contributed by atoms with Crippen molar-refractivity contribution in [2.24, 2.45) is 5.92 Å². The van der Waals surface area contributed by atoms with Gasteiger partial charge in [0.2, 0.25) is 0 Å². The number of nitrogens with one attached hydrogen (secondary N) is 1. The predicted octanol–water partition coefficient (Wildman–Crippen LogP) is 3.90. The Morgan fingerprint density at radius 1 is 1.20 bits per heavy atom. The summed E-state index contributed by atoms with van der Waals surface area (Å²) < 4.78 is 4.10. The van der Waals surface area contributed by atoms with Gasteiger partial charge in [-0.05, 0) is 42.4 Å². The van der Waals surface area contributed by atoms with Gasteiger partial charge in [0, 0.05) is 12.1 Å². The monoisotopic (exact) mass is 289 g/mol. The molecule has 0 radical (unpaired) electrons. The molecule has 0 aliphatic rings. The van der Waals surface area contributed by atoms with Crippen LogP contribution in [0.1, 0.15) is 37.6 Å². The van der Waals surface area contributed by atoms with Crippen molar-refractivity contribution in [3.05, 3.63) is 34.7 Å². The Morgan fingerprint density at radius 2 is 1.95 bits per heavy atom. The summed E-state index contributed by atoms with van der Waals surface area (Å²) in [4.78, 5) is 1.22. The third-order valence-corrected chi connectivity index (χ3v) is 3.86. The van der Waals surface area contributed by atoms with Crippen molar-refractivity contribution in [3.8, 4) is 11.3 Å². The first-order valence-electron chi connectivity index (χ1n) is 7.32. The summed E-state index contributed by atoms with van der Waals surface area (Å²) in [5.41, 5.74) is 3.58. The molecule has 0 spiro atoms. The number of hydrogen-bond donors (Lipinski definition) is 1. The number of rotatable bonds is 7. The van der Waals surface area contributed by atoms with Crippen molar-refractivity contribution in [1.82, 2.24) is 14.9 Å². The van der Waals surface area contributed by atoms with Crippen molar-refractivity contribution in [3.63, 3.8) is 0 Å². The van der Waals surface area contributed by atoms with E-state index in [9.17, 15) is 0 Å². The zero-order valence-electron chi connectivity index (χ0n) is 12.5. The van der Waals surface area contributed by atoms with Crippen LogP contribution in [0.15, 0.2) is 24.3 Å². The first-order chi connectivity index (χ1) is 9.70. The van der Waals surface area contributed by atoms with Crippen LogP contribution >= 0.6 is 11.5 Å².